The Morgan fingerprint density at radius 3 is 2.83 bits per heavy atom. The molecule has 2 heterocycles. The van der Waals surface area contributed by atoms with Crippen LogP contribution in [0.3, 0.4) is 0 Å². The number of nitrogens with zero attached hydrogens (tertiary/aromatic N) is 2. The summed E-state index contributed by atoms with van der Waals surface area (Å²) in [4.78, 5) is 17.1. The zero-order chi connectivity index (χ0) is 20.9. The van der Waals surface area contributed by atoms with E-state index in [0.29, 0.717) is 22.3 Å². The summed E-state index contributed by atoms with van der Waals surface area (Å²) in [5.41, 5.74) is 2.61. The molecule has 1 amide bonds. The highest BCUT2D eigenvalue weighted by molar-refractivity contribution is 7.99. The summed E-state index contributed by atoms with van der Waals surface area (Å²) in [7, 11) is 0. The molecule has 1 N–H and O–H groups in total. The molecule has 3 aromatic rings. The highest BCUT2D eigenvalue weighted by atomic mass is 35.5. The van der Waals surface area contributed by atoms with Crippen molar-refractivity contribution in [2.24, 2.45) is 0 Å². The van der Waals surface area contributed by atoms with Gasteiger partial charge in [-0.05, 0) is 36.6 Å². The Hall–Kier alpha value is -1.99. The molecule has 8 heteroatoms. The van der Waals surface area contributed by atoms with Gasteiger partial charge in [-0.1, -0.05) is 65.3 Å². The Bertz CT molecular complexity index is 1020. The van der Waals surface area contributed by atoms with Crippen LogP contribution in [0.1, 0.15) is 12.8 Å². The molecule has 0 saturated carbocycles. The molecule has 156 valence electrons. The third-order valence-corrected chi connectivity index (χ3v) is 6.39. The van der Waals surface area contributed by atoms with E-state index >= 15 is 0 Å². The Labute approximate surface area is 189 Å². The lowest BCUT2D eigenvalue weighted by molar-refractivity contribution is -0.113. The van der Waals surface area contributed by atoms with Crippen LogP contribution in [0.5, 0.6) is 0 Å². The maximum atomic E-state index is 12.5. The fourth-order valence-corrected chi connectivity index (χ4v) is 4.52. The van der Waals surface area contributed by atoms with Gasteiger partial charge in [0.2, 0.25) is 5.91 Å². The molecule has 1 fully saturated rings. The number of amides is 1. The van der Waals surface area contributed by atoms with E-state index in [2.05, 4.69) is 27.0 Å². The van der Waals surface area contributed by atoms with Crippen molar-refractivity contribution in [3.8, 4) is 11.3 Å². The highest BCUT2D eigenvalue weighted by Crippen LogP contribution is 2.29. The summed E-state index contributed by atoms with van der Waals surface area (Å²) in [6.07, 6.45) is 4.13. The third-order valence-electron chi connectivity index (χ3n) is 4.83. The number of carbonyl (C=O) groups is 1. The van der Waals surface area contributed by atoms with Crippen LogP contribution < -0.4 is 5.32 Å². The molecular weight excluding hydrogens is 441 g/mol. The van der Waals surface area contributed by atoms with E-state index in [-0.39, 0.29) is 17.8 Å². The molecule has 1 aliphatic rings. The topological polar surface area (TPSA) is 56.2 Å². The Morgan fingerprint density at radius 2 is 2.07 bits per heavy atom. The van der Waals surface area contributed by atoms with Crippen LogP contribution in [0.2, 0.25) is 10.0 Å². The summed E-state index contributed by atoms with van der Waals surface area (Å²) in [5.74, 6) is 0.0386. The maximum Gasteiger partial charge on any atom is 0.234 e. The number of thioether (sulfide) groups is 1. The van der Waals surface area contributed by atoms with E-state index in [0.717, 1.165) is 35.9 Å². The van der Waals surface area contributed by atoms with Gasteiger partial charge in [-0.2, -0.15) is 0 Å². The number of hydrogen-bond acceptors (Lipinski definition) is 4. The third kappa shape index (κ3) is 5.19. The summed E-state index contributed by atoms with van der Waals surface area (Å²) < 4.78 is 7.99. The Kier molecular flexibility index (Phi) is 7.00. The fraction of sp³-hybridized carbons (Fsp3) is 0.273. The van der Waals surface area contributed by atoms with E-state index in [4.69, 9.17) is 27.9 Å². The van der Waals surface area contributed by atoms with Gasteiger partial charge in [-0.3, -0.25) is 4.79 Å². The monoisotopic (exact) mass is 461 g/mol. The number of rotatable bonds is 7. The van der Waals surface area contributed by atoms with Crippen molar-refractivity contribution < 1.29 is 9.53 Å². The minimum atomic E-state index is -0.169. The number of nitrogens with one attached hydrogen (secondary N) is 1. The van der Waals surface area contributed by atoms with Gasteiger partial charge in [0.1, 0.15) is 0 Å². The zero-order valence-electron chi connectivity index (χ0n) is 16.2. The lowest BCUT2D eigenvalue weighted by Gasteiger charge is -2.16. The Morgan fingerprint density at radius 1 is 1.23 bits per heavy atom. The van der Waals surface area contributed by atoms with Crippen molar-refractivity contribution in [1.82, 2.24) is 9.55 Å². The molecular formula is C22H21Cl2N3O2S. The molecule has 2 aromatic carbocycles. The van der Waals surface area contributed by atoms with E-state index in [1.54, 1.807) is 18.2 Å². The fourth-order valence-electron chi connectivity index (χ4n) is 3.39. The number of imidazole rings is 1. The van der Waals surface area contributed by atoms with Crippen molar-refractivity contribution in [3.05, 3.63) is 64.8 Å². The van der Waals surface area contributed by atoms with Crippen LogP contribution in [0, 0.1) is 0 Å². The second-order valence-electron chi connectivity index (χ2n) is 7.00. The van der Waals surface area contributed by atoms with Crippen molar-refractivity contribution >= 4 is 46.6 Å². The summed E-state index contributed by atoms with van der Waals surface area (Å²) in [5, 5.41) is 4.57. The van der Waals surface area contributed by atoms with Crippen LogP contribution in [0.4, 0.5) is 5.69 Å². The van der Waals surface area contributed by atoms with Gasteiger partial charge in [0.05, 0.1) is 41.0 Å². The van der Waals surface area contributed by atoms with Crippen LogP contribution in [-0.4, -0.2) is 33.9 Å². The highest BCUT2D eigenvalue weighted by Gasteiger charge is 2.21. The largest absolute Gasteiger partial charge is 0.376 e. The quantitative estimate of drug-likeness (QED) is 0.453. The van der Waals surface area contributed by atoms with E-state index in [1.807, 2.05) is 24.4 Å². The molecule has 0 spiro atoms. The van der Waals surface area contributed by atoms with Gasteiger partial charge in [0.25, 0.3) is 0 Å². The molecule has 4 rings (SSSR count). The first-order chi connectivity index (χ1) is 14.6. The molecule has 1 atom stereocenters. The van der Waals surface area contributed by atoms with Gasteiger partial charge in [-0.25, -0.2) is 4.98 Å². The van der Waals surface area contributed by atoms with Crippen LogP contribution in [0.25, 0.3) is 11.3 Å². The predicted octanol–water partition coefficient (Wildman–Crippen LogP) is 5.77. The first-order valence-electron chi connectivity index (χ1n) is 9.70. The van der Waals surface area contributed by atoms with E-state index < -0.39 is 0 Å². The minimum absolute atomic E-state index is 0.167. The molecule has 0 bridgehead atoms. The van der Waals surface area contributed by atoms with Crippen molar-refractivity contribution in [3.63, 3.8) is 0 Å². The molecule has 0 radical (unpaired) electrons. The zero-order valence-corrected chi connectivity index (χ0v) is 18.5. The van der Waals surface area contributed by atoms with Gasteiger partial charge < -0.3 is 14.6 Å². The number of ether oxygens (including phenoxy) is 1. The first-order valence-corrected chi connectivity index (χ1v) is 11.4. The van der Waals surface area contributed by atoms with Crippen molar-refractivity contribution in [2.75, 3.05) is 17.7 Å². The molecule has 1 unspecified atom stereocenters. The van der Waals surface area contributed by atoms with Crippen LogP contribution in [-0.2, 0) is 16.1 Å². The number of carbonyl (C=O) groups excluding carboxylic acids is 1. The first kappa shape index (κ1) is 21.2. The molecule has 5 nitrogen and oxygen atoms in total. The van der Waals surface area contributed by atoms with Gasteiger partial charge in [-0.15, -0.1) is 0 Å². The number of anilines is 1. The normalized spacial score (nSPS) is 16.0. The lowest BCUT2D eigenvalue weighted by atomic mass is 10.1. The van der Waals surface area contributed by atoms with Crippen LogP contribution in [0.15, 0.2) is 59.9 Å². The SMILES string of the molecule is O=C(CSc1ncc(-c2ccccc2)n1CC1CCCO1)Nc1cc(Cl)ccc1Cl. The average Bonchev–Trinajstić information content (AvgIpc) is 3.40. The molecule has 1 aromatic heterocycles. The smallest absolute Gasteiger partial charge is 0.234 e. The molecule has 30 heavy (non-hydrogen) atoms. The van der Waals surface area contributed by atoms with E-state index in [1.165, 1.54) is 11.8 Å². The number of halogens is 2. The van der Waals surface area contributed by atoms with Crippen LogP contribution >= 0.6 is 35.0 Å². The van der Waals surface area contributed by atoms with Crippen molar-refractivity contribution in [1.29, 1.82) is 0 Å². The second kappa shape index (κ2) is 9.88. The average molecular weight is 462 g/mol. The number of aromatic nitrogens is 2. The van der Waals surface area contributed by atoms with E-state index in [9.17, 15) is 4.79 Å². The standard InChI is InChI=1S/C22H21Cl2N3O2S/c23-16-8-9-18(24)19(11-16)26-21(28)14-30-22-25-12-20(15-5-2-1-3-6-15)27(22)13-17-7-4-10-29-17/h1-3,5-6,8-9,11-12,17H,4,7,10,13-14H2,(H,26,28). The number of hydrogen-bond donors (Lipinski definition) is 1. The summed E-state index contributed by atoms with van der Waals surface area (Å²) in [6, 6.07) is 15.1. The lowest BCUT2D eigenvalue weighted by Crippen LogP contribution is -2.18. The summed E-state index contributed by atoms with van der Waals surface area (Å²) >= 11 is 13.5. The van der Waals surface area contributed by atoms with Crippen molar-refractivity contribution in [2.45, 2.75) is 30.6 Å². The number of benzene rings is 2. The van der Waals surface area contributed by atoms with Gasteiger partial charge in [0.15, 0.2) is 5.16 Å². The Balaban J connectivity index is 1.49. The summed E-state index contributed by atoms with van der Waals surface area (Å²) in [6.45, 7) is 1.51. The predicted molar refractivity (Wildman–Crippen MR) is 122 cm³/mol. The molecule has 1 saturated heterocycles. The second-order valence-corrected chi connectivity index (χ2v) is 8.78. The molecule has 0 aliphatic carbocycles. The van der Waals surface area contributed by atoms with Gasteiger partial charge in [0, 0.05) is 11.6 Å². The maximum absolute atomic E-state index is 12.5. The van der Waals surface area contributed by atoms with Gasteiger partial charge >= 0.3 is 0 Å². The minimum Gasteiger partial charge on any atom is -0.376 e. The molecule has 1 aliphatic heterocycles.